The fourth-order valence-corrected chi connectivity index (χ4v) is 2.62. The summed E-state index contributed by atoms with van der Waals surface area (Å²) in [4.78, 5) is 0. The van der Waals surface area contributed by atoms with Gasteiger partial charge < -0.3 is 5.73 Å². The van der Waals surface area contributed by atoms with Crippen molar-refractivity contribution >= 4 is 5.96 Å². The molecule has 0 amide bonds. The van der Waals surface area contributed by atoms with Crippen LogP contribution in [0, 0.1) is 5.41 Å². The lowest BCUT2D eigenvalue weighted by Crippen LogP contribution is -2.67. The largest absolute Gasteiger partial charge is 0.338 e. The van der Waals surface area contributed by atoms with Crippen LogP contribution in [0.5, 0.6) is 0 Å². The maximum atomic E-state index is 7.74. The third kappa shape index (κ3) is 1.85. The molecule has 0 aliphatic carbocycles. The lowest BCUT2D eigenvalue weighted by molar-refractivity contribution is -0.906. The van der Waals surface area contributed by atoms with Gasteiger partial charge >= 0.3 is 0 Å². The van der Waals surface area contributed by atoms with E-state index >= 15 is 0 Å². The van der Waals surface area contributed by atoms with E-state index in [1.807, 2.05) is 0 Å². The van der Waals surface area contributed by atoms with Crippen molar-refractivity contribution in [1.29, 1.82) is 5.41 Å². The quantitative estimate of drug-likeness (QED) is 0.395. The van der Waals surface area contributed by atoms with Crippen LogP contribution < -0.4 is 5.73 Å². The zero-order chi connectivity index (χ0) is 10.8. The Morgan fingerprint density at radius 3 is 1.15 bits per heavy atom. The van der Waals surface area contributed by atoms with Crippen molar-refractivity contribution in [3.05, 3.63) is 0 Å². The second kappa shape index (κ2) is 4.09. The highest BCUT2D eigenvalue weighted by atomic mass is 15.5. The minimum absolute atomic E-state index is 0.278. The van der Waals surface area contributed by atoms with Crippen molar-refractivity contribution < 1.29 is 4.48 Å². The summed E-state index contributed by atoms with van der Waals surface area (Å²) >= 11 is 0. The van der Waals surface area contributed by atoms with Gasteiger partial charge in [-0.2, -0.15) is 0 Å². The summed E-state index contributed by atoms with van der Waals surface area (Å²) in [5.41, 5.74) is 5.73. The van der Waals surface area contributed by atoms with Crippen LogP contribution in [0.3, 0.4) is 0 Å². The first kappa shape index (κ1) is 12.4. The summed E-state index contributed by atoms with van der Waals surface area (Å²) < 4.78 is 0.583. The van der Waals surface area contributed by atoms with Crippen LogP contribution in [0.25, 0.3) is 0 Å². The number of hydrogen-bond donors (Lipinski definition) is 2. The predicted molar refractivity (Wildman–Crippen MR) is 57.6 cm³/mol. The number of hydrogen-bond acceptors (Lipinski definition) is 1. The lowest BCUT2D eigenvalue weighted by atomic mass is 10.1. The molecule has 0 rings (SSSR count). The van der Waals surface area contributed by atoms with Crippen LogP contribution in [-0.2, 0) is 0 Å². The summed E-state index contributed by atoms with van der Waals surface area (Å²) in [6.45, 7) is 12.8. The first-order chi connectivity index (χ1) is 5.77. The second-order valence-corrected chi connectivity index (χ2v) is 4.50. The number of rotatable bonds is 3. The van der Waals surface area contributed by atoms with Gasteiger partial charge in [0.2, 0.25) is 0 Å². The third-order valence-electron chi connectivity index (χ3n) is 2.98. The van der Waals surface area contributed by atoms with Gasteiger partial charge in [-0.15, -0.1) is 0 Å². The Morgan fingerprint density at radius 2 is 1.15 bits per heavy atom. The van der Waals surface area contributed by atoms with Crippen LogP contribution in [0.15, 0.2) is 0 Å². The van der Waals surface area contributed by atoms with E-state index in [0.29, 0.717) is 22.6 Å². The lowest BCUT2D eigenvalue weighted by Gasteiger charge is -2.46. The van der Waals surface area contributed by atoms with Crippen molar-refractivity contribution in [3.8, 4) is 0 Å². The molecule has 0 aliphatic rings. The molecule has 0 spiro atoms. The Labute approximate surface area is 82.0 Å². The number of nitrogens with one attached hydrogen (secondary N) is 1. The molecule has 0 radical (unpaired) electrons. The van der Waals surface area contributed by atoms with E-state index in [4.69, 9.17) is 11.1 Å². The maximum absolute atomic E-state index is 7.74. The molecular weight excluding hydrogens is 162 g/mol. The molecule has 0 unspecified atom stereocenters. The summed E-state index contributed by atoms with van der Waals surface area (Å²) in [6.07, 6.45) is 0. The van der Waals surface area contributed by atoms with Gasteiger partial charge in [-0.25, -0.2) is 5.41 Å². The number of nitrogens with zero attached hydrogens (tertiary/aromatic N) is 1. The predicted octanol–water partition coefficient (Wildman–Crippen LogP) is 1.92. The van der Waals surface area contributed by atoms with Crippen LogP contribution >= 0.6 is 0 Å². The van der Waals surface area contributed by atoms with Crippen molar-refractivity contribution in [2.45, 2.75) is 59.7 Å². The fourth-order valence-electron chi connectivity index (χ4n) is 2.62. The Bertz CT molecular complexity index is 161. The topological polar surface area (TPSA) is 49.9 Å². The molecule has 3 N–H and O–H groups in total. The molecule has 0 saturated carbocycles. The maximum Gasteiger partial charge on any atom is 0.292 e. The first-order valence-corrected chi connectivity index (χ1v) is 5.00. The van der Waals surface area contributed by atoms with Gasteiger partial charge in [-0.05, 0) is 41.5 Å². The standard InChI is InChI=1S/C10H24N3/c1-7(2)13(8(3)4,9(5)6)10(11)12/h7-9H,1-6H3,(H3,11,12)/q+1. The molecule has 78 valence electrons. The van der Waals surface area contributed by atoms with Crippen molar-refractivity contribution in [3.63, 3.8) is 0 Å². The monoisotopic (exact) mass is 186 g/mol. The first-order valence-electron chi connectivity index (χ1n) is 5.00. The van der Waals surface area contributed by atoms with Crippen molar-refractivity contribution in [1.82, 2.24) is 0 Å². The molecule has 0 aliphatic heterocycles. The molecule has 0 aromatic carbocycles. The Balaban J connectivity index is 5.19. The highest BCUT2D eigenvalue weighted by molar-refractivity contribution is 5.67. The summed E-state index contributed by atoms with van der Waals surface area (Å²) in [7, 11) is 0. The second-order valence-electron chi connectivity index (χ2n) is 4.50. The molecule has 0 saturated heterocycles. The fraction of sp³-hybridized carbons (Fsp3) is 0.900. The van der Waals surface area contributed by atoms with E-state index < -0.39 is 0 Å². The molecule has 0 atom stereocenters. The molecule has 0 fully saturated rings. The van der Waals surface area contributed by atoms with E-state index in [2.05, 4.69) is 41.5 Å². The average molecular weight is 186 g/mol. The highest BCUT2D eigenvalue weighted by Gasteiger charge is 2.41. The normalized spacial score (nSPS) is 13.0. The van der Waals surface area contributed by atoms with Gasteiger partial charge in [-0.1, -0.05) is 0 Å². The van der Waals surface area contributed by atoms with Gasteiger partial charge in [0.15, 0.2) is 0 Å². The summed E-state index contributed by atoms with van der Waals surface area (Å²) in [5, 5.41) is 7.74. The molecule has 3 nitrogen and oxygen atoms in total. The molecule has 0 aromatic rings. The number of guanidine groups is 1. The van der Waals surface area contributed by atoms with Gasteiger partial charge in [0.05, 0.1) is 18.1 Å². The number of quaternary nitrogens is 1. The van der Waals surface area contributed by atoms with E-state index in [-0.39, 0.29) is 5.96 Å². The molecule has 3 heteroatoms. The highest BCUT2D eigenvalue weighted by Crippen LogP contribution is 2.23. The SMILES string of the molecule is CC(C)[N+](C(=N)N)(C(C)C)C(C)C. The van der Waals surface area contributed by atoms with Crippen LogP contribution in [0.1, 0.15) is 41.5 Å². The Hall–Kier alpha value is -0.570. The molecule has 0 bridgehead atoms. The van der Waals surface area contributed by atoms with Gasteiger partial charge in [0.25, 0.3) is 5.96 Å². The van der Waals surface area contributed by atoms with Crippen LogP contribution in [0.2, 0.25) is 0 Å². The van der Waals surface area contributed by atoms with E-state index in [1.54, 1.807) is 0 Å². The zero-order valence-electron chi connectivity index (χ0n) is 9.76. The minimum atomic E-state index is 0.278. The molecule has 0 aromatic heterocycles. The molecule has 13 heavy (non-hydrogen) atoms. The smallest absolute Gasteiger partial charge is 0.292 e. The van der Waals surface area contributed by atoms with Gasteiger partial charge in [0.1, 0.15) is 0 Å². The molecular formula is C10H24N3+. The molecule has 0 heterocycles. The minimum Gasteiger partial charge on any atom is -0.338 e. The van der Waals surface area contributed by atoms with E-state index in [0.717, 1.165) is 0 Å². The Kier molecular flexibility index (Phi) is 3.91. The van der Waals surface area contributed by atoms with Gasteiger partial charge in [0, 0.05) is 0 Å². The summed E-state index contributed by atoms with van der Waals surface area (Å²) in [6, 6.07) is 1.08. The van der Waals surface area contributed by atoms with Crippen molar-refractivity contribution in [2.75, 3.05) is 0 Å². The Morgan fingerprint density at radius 1 is 0.923 bits per heavy atom. The van der Waals surface area contributed by atoms with Crippen molar-refractivity contribution in [2.24, 2.45) is 5.73 Å². The number of nitrogens with two attached hydrogens (primary N) is 1. The summed E-state index contributed by atoms with van der Waals surface area (Å²) in [5.74, 6) is 0.278. The van der Waals surface area contributed by atoms with Gasteiger partial charge in [-0.3, -0.25) is 4.48 Å². The van der Waals surface area contributed by atoms with E-state index in [1.165, 1.54) is 0 Å². The van der Waals surface area contributed by atoms with E-state index in [9.17, 15) is 0 Å². The van der Waals surface area contributed by atoms with Crippen LogP contribution in [-0.4, -0.2) is 28.6 Å². The zero-order valence-corrected chi connectivity index (χ0v) is 9.76. The van der Waals surface area contributed by atoms with Crippen LogP contribution in [0.4, 0.5) is 0 Å². The average Bonchev–Trinajstić information content (AvgIpc) is 1.82. The third-order valence-corrected chi connectivity index (χ3v) is 2.98.